The van der Waals surface area contributed by atoms with Gasteiger partial charge in [0, 0.05) is 25.3 Å². The number of methoxy groups -OCH3 is 1. The van der Waals surface area contributed by atoms with E-state index in [-0.39, 0.29) is 10.5 Å². The number of rotatable bonds is 5. The van der Waals surface area contributed by atoms with Crippen molar-refractivity contribution in [2.45, 2.75) is 25.7 Å². The minimum atomic E-state index is -3.70. The normalized spacial score (nSPS) is 11.4. The van der Waals surface area contributed by atoms with Gasteiger partial charge in [-0.3, -0.25) is 4.79 Å². The van der Waals surface area contributed by atoms with E-state index in [0.29, 0.717) is 22.4 Å². The summed E-state index contributed by atoms with van der Waals surface area (Å²) in [7, 11) is 0.470. The summed E-state index contributed by atoms with van der Waals surface area (Å²) in [6.45, 7) is 5.25. The topological polar surface area (TPSA) is 92.8 Å². The van der Waals surface area contributed by atoms with Crippen LogP contribution in [0.3, 0.4) is 0 Å². The van der Waals surface area contributed by atoms with Gasteiger partial charge < -0.3 is 10.1 Å². The second-order valence-electron chi connectivity index (χ2n) is 6.68. The predicted octanol–water partition coefficient (Wildman–Crippen LogP) is 2.90. The Labute approximate surface area is 165 Å². The van der Waals surface area contributed by atoms with Gasteiger partial charge >= 0.3 is 5.97 Å². The van der Waals surface area contributed by atoms with Crippen LogP contribution in [0.2, 0.25) is 0 Å². The number of carbonyl (C=O) groups excluding carboxylic acids is 2. The predicted molar refractivity (Wildman–Crippen MR) is 107 cm³/mol. The van der Waals surface area contributed by atoms with Crippen LogP contribution in [0.25, 0.3) is 0 Å². The molecule has 7 nitrogen and oxygen atoms in total. The quantitative estimate of drug-likeness (QED) is 0.774. The number of carbonyl (C=O) groups is 2. The van der Waals surface area contributed by atoms with Crippen molar-refractivity contribution in [3.8, 4) is 0 Å². The fourth-order valence-electron chi connectivity index (χ4n) is 2.62. The highest BCUT2D eigenvalue weighted by atomic mass is 32.2. The smallest absolute Gasteiger partial charge is 0.337 e. The Hall–Kier alpha value is -2.71. The molecule has 0 spiro atoms. The second kappa shape index (κ2) is 8.12. The van der Waals surface area contributed by atoms with Crippen molar-refractivity contribution in [1.82, 2.24) is 4.31 Å². The molecule has 8 heteroatoms. The number of ether oxygens (including phenoxy) is 1. The number of hydrogen-bond acceptors (Lipinski definition) is 5. The zero-order chi connectivity index (χ0) is 21.2. The van der Waals surface area contributed by atoms with Gasteiger partial charge in [-0.1, -0.05) is 6.07 Å². The van der Waals surface area contributed by atoms with Crippen LogP contribution in [0.15, 0.2) is 35.2 Å². The van der Waals surface area contributed by atoms with Crippen LogP contribution in [0.4, 0.5) is 5.69 Å². The van der Waals surface area contributed by atoms with Crippen molar-refractivity contribution in [2.24, 2.45) is 0 Å². The molecule has 0 atom stereocenters. The largest absolute Gasteiger partial charge is 0.465 e. The van der Waals surface area contributed by atoms with Gasteiger partial charge in [-0.25, -0.2) is 17.5 Å². The maximum Gasteiger partial charge on any atom is 0.337 e. The molecule has 28 heavy (non-hydrogen) atoms. The number of nitrogens with one attached hydrogen (secondary N) is 1. The number of anilines is 1. The van der Waals surface area contributed by atoms with Gasteiger partial charge in [0.25, 0.3) is 5.91 Å². The number of nitrogens with zero attached hydrogens (tertiary/aromatic N) is 1. The highest BCUT2D eigenvalue weighted by molar-refractivity contribution is 7.89. The summed E-state index contributed by atoms with van der Waals surface area (Å²) in [5.41, 5.74) is 3.00. The summed E-state index contributed by atoms with van der Waals surface area (Å²) in [5.74, 6) is -0.982. The van der Waals surface area contributed by atoms with Crippen LogP contribution < -0.4 is 5.32 Å². The molecular weight excluding hydrogens is 380 g/mol. The van der Waals surface area contributed by atoms with Crippen molar-refractivity contribution in [2.75, 3.05) is 26.5 Å². The molecule has 0 bridgehead atoms. The molecule has 0 aliphatic rings. The van der Waals surface area contributed by atoms with Crippen molar-refractivity contribution in [1.29, 1.82) is 0 Å². The van der Waals surface area contributed by atoms with E-state index in [4.69, 9.17) is 4.74 Å². The van der Waals surface area contributed by atoms with Gasteiger partial charge in [0.05, 0.1) is 17.6 Å². The van der Waals surface area contributed by atoms with E-state index in [0.717, 1.165) is 9.87 Å². The van der Waals surface area contributed by atoms with Crippen LogP contribution >= 0.6 is 0 Å². The highest BCUT2D eigenvalue weighted by Gasteiger charge is 2.23. The van der Waals surface area contributed by atoms with E-state index in [1.165, 1.54) is 33.3 Å². The van der Waals surface area contributed by atoms with Gasteiger partial charge in [-0.05, 0) is 61.7 Å². The van der Waals surface area contributed by atoms with Crippen molar-refractivity contribution < 1.29 is 22.7 Å². The molecule has 0 fully saturated rings. The lowest BCUT2D eigenvalue weighted by molar-refractivity contribution is 0.0600. The lowest BCUT2D eigenvalue weighted by Gasteiger charge is -2.17. The molecule has 0 aromatic heterocycles. The number of aryl methyl sites for hydroxylation is 2. The first-order chi connectivity index (χ1) is 13.0. The molecule has 150 valence electrons. The Kier molecular flexibility index (Phi) is 6.26. The van der Waals surface area contributed by atoms with Crippen LogP contribution in [0, 0.1) is 20.8 Å². The summed E-state index contributed by atoms with van der Waals surface area (Å²) in [4.78, 5) is 24.6. The molecule has 2 rings (SSSR count). The average molecular weight is 404 g/mol. The highest BCUT2D eigenvalue weighted by Crippen LogP contribution is 2.25. The number of benzene rings is 2. The molecule has 1 N–H and O–H groups in total. The first-order valence-corrected chi connectivity index (χ1v) is 9.97. The number of amides is 1. The maximum atomic E-state index is 12.8. The first kappa shape index (κ1) is 21.6. The maximum absolute atomic E-state index is 12.8. The fraction of sp³-hybridized carbons (Fsp3) is 0.300. The molecule has 2 aromatic carbocycles. The standard InChI is InChI=1S/C20H24N2O5S/c1-12-7-8-15(20(24)27-6)10-17(12)21-19(23)16-9-13(2)14(3)18(11-16)28(25,26)22(4)5/h7-11H,1-6H3,(H,21,23). The molecule has 0 aliphatic heterocycles. The average Bonchev–Trinajstić information content (AvgIpc) is 2.64. The summed E-state index contributed by atoms with van der Waals surface area (Å²) in [6, 6.07) is 7.84. The van der Waals surface area contributed by atoms with E-state index < -0.39 is 21.9 Å². The third-order valence-electron chi connectivity index (χ3n) is 4.55. The molecular formula is C20H24N2O5S. The SMILES string of the molecule is COC(=O)c1ccc(C)c(NC(=O)c2cc(C)c(C)c(S(=O)(=O)N(C)C)c2)c1. The Morgan fingerprint density at radius 1 is 0.964 bits per heavy atom. The van der Waals surface area contributed by atoms with E-state index in [1.807, 2.05) is 0 Å². The van der Waals surface area contributed by atoms with Gasteiger partial charge in [0.1, 0.15) is 0 Å². The molecule has 0 aliphatic carbocycles. The van der Waals surface area contributed by atoms with E-state index in [2.05, 4.69) is 5.32 Å². The summed E-state index contributed by atoms with van der Waals surface area (Å²) >= 11 is 0. The number of hydrogen-bond donors (Lipinski definition) is 1. The van der Waals surface area contributed by atoms with Crippen molar-refractivity contribution >= 4 is 27.6 Å². The zero-order valence-electron chi connectivity index (χ0n) is 16.8. The minimum Gasteiger partial charge on any atom is -0.465 e. The Balaban J connectivity index is 2.46. The van der Waals surface area contributed by atoms with Crippen molar-refractivity contribution in [3.05, 3.63) is 58.1 Å². The summed E-state index contributed by atoms with van der Waals surface area (Å²) in [5, 5.41) is 2.75. The van der Waals surface area contributed by atoms with Crippen molar-refractivity contribution in [3.63, 3.8) is 0 Å². The molecule has 0 saturated heterocycles. The molecule has 0 unspecified atom stereocenters. The summed E-state index contributed by atoms with van der Waals surface area (Å²) in [6.07, 6.45) is 0. The lowest BCUT2D eigenvalue weighted by atomic mass is 10.0. The van der Waals surface area contributed by atoms with E-state index in [9.17, 15) is 18.0 Å². The van der Waals surface area contributed by atoms with Gasteiger partial charge in [-0.2, -0.15) is 0 Å². The van der Waals surface area contributed by atoms with Gasteiger partial charge in [0.2, 0.25) is 10.0 Å². The minimum absolute atomic E-state index is 0.0858. The van der Waals surface area contributed by atoms with Crippen LogP contribution in [-0.2, 0) is 14.8 Å². The zero-order valence-corrected chi connectivity index (χ0v) is 17.6. The van der Waals surface area contributed by atoms with Gasteiger partial charge in [-0.15, -0.1) is 0 Å². The Bertz CT molecular complexity index is 1040. The number of sulfonamides is 1. The van der Waals surface area contributed by atoms with E-state index >= 15 is 0 Å². The summed E-state index contributed by atoms with van der Waals surface area (Å²) < 4.78 is 31.0. The molecule has 0 radical (unpaired) electrons. The monoisotopic (exact) mass is 404 g/mol. The fourth-order valence-corrected chi connectivity index (χ4v) is 3.84. The molecule has 0 saturated carbocycles. The number of esters is 1. The Morgan fingerprint density at radius 3 is 2.18 bits per heavy atom. The van der Waals surface area contributed by atoms with E-state index in [1.54, 1.807) is 39.0 Å². The molecule has 1 amide bonds. The lowest BCUT2D eigenvalue weighted by Crippen LogP contribution is -2.24. The molecule has 0 heterocycles. The third-order valence-corrected chi connectivity index (χ3v) is 6.49. The Morgan fingerprint density at radius 2 is 1.61 bits per heavy atom. The first-order valence-electron chi connectivity index (χ1n) is 8.53. The molecule has 2 aromatic rings. The second-order valence-corrected chi connectivity index (χ2v) is 8.80. The third kappa shape index (κ3) is 4.23. The van der Waals surface area contributed by atoms with Crippen LogP contribution in [-0.4, -0.2) is 45.8 Å². The van der Waals surface area contributed by atoms with Crippen LogP contribution in [0.1, 0.15) is 37.4 Å². The van der Waals surface area contributed by atoms with Gasteiger partial charge in [0.15, 0.2) is 0 Å². The van der Waals surface area contributed by atoms with Crippen LogP contribution in [0.5, 0.6) is 0 Å².